The van der Waals surface area contributed by atoms with Gasteiger partial charge in [-0.2, -0.15) is 0 Å². The molecule has 0 radical (unpaired) electrons. The molecule has 0 bridgehead atoms. The summed E-state index contributed by atoms with van der Waals surface area (Å²) in [6, 6.07) is 7.48. The van der Waals surface area contributed by atoms with Crippen molar-refractivity contribution in [1.82, 2.24) is 4.90 Å². The number of hydrogen-bond donors (Lipinski definition) is 2. The monoisotopic (exact) mass is 320 g/mol. The Morgan fingerprint density at radius 3 is 2.05 bits per heavy atom. The molecule has 7 heteroatoms. The fourth-order valence-corrected chi connectivity index (χ4v) is 2.25. The van der Waals surface area contributed by atoms with Crippen LogP contribution in [0.4, 0.5) is 5.69 Å². The van der Waals surface area contributed by atoms with Gasteiger partial charge >= 0.3 is 0 Å². The number of nitrogens with two attached hydrogens (primary N) is 2. The fraction of sp³-hybridized carbons (Fsp3) is 0.462. The van der Waals surface area contributed by atoms with E-state index in [1.165, 1.54) is 0 Å². The van der Waals surface area contributed by atoms with Crippen molar-refractivity contribution in [3.05, 3.63) is 29.8 Å². The van der Waals surface area contributed by atoms with Crippen LogP contribution in [0, 0.1) is 0 Å². The van der Waals surface area contributed by atoms with E-state index in [0.717, 1.165) is 38.4 Å². The van der Waals surface area contributed by atoms with Gasteiger partial charge in [-0.25, -0.2) is 0 Å². The standard InChI is InChI=1S/C13H20N4O.2ClH/c14-5-6-16-7-9-17(10-8-16)12-3-1-11(2-4-12)13(15)18;;/h1-4H,5-10,14H2,(H2,15,18);2*1H. The largest absolute Gasteiger partial charge is 0.369 e. The minimum atomic E-state index is -0.380. The molecule has 0 aromatic heterocycles. The molecule has 1 aromatic rings. The molecule has 114 valence electrons. The summed E-state index contributed by atoms with van der Waals surface area (Å²) >= 11 is 0. The van der Waals surface area contributed by atoms with E-state index in [1.54, 1.807) is 12.1 Å². The van der Waals surface area contributed by atoms with Gasteiger partial charge < -0.3 is 16.4 Å². The molecule has 2 rings (SSSR count). The highest BCUT2D eigenvalue weighted by Crippen LogP contribution is 2.17. The summed E-state index contributed by atoms with van der Waals surface area (Å²) in [7, 11) is 0. The summed E-state index contributed by atoms with van der Waals surface area (Å²) in [5.41, 5.74) is 12.5. The van der Waals surface area contributed by atoms with Crippen LogP contribution >= 0.6 is 24.8 Å². The summed E-state index contributed by atoms with van der Waals surface area (Å²) in [4.78, 5) is 15.7. The van der Waals surface area contributed by atoms with Gasteiger partial charge in [0.25, 0.3) is 0 Å². The van der Waals surface area contributed by atoms with Gasteiger partial charge in [-0.05, 0) is 24.3 Å². The molecule has 0 saturated carbocycles. The highest BCUT2D eigenvalue weighted by molar-refractivity contribution is 5.93. The lowest BCUT2D eigenvalue weighted by molar-refractivity contribution is 0.100. The number of anilines is 1. The van der Waals surface area contributed by atoms with Crippen LogP contribution in [0.2, 0.25) is 0 Å². The van der Waals surface area contributed by atoms with Crippen LogP contribution in [0.3, 0.4) is 0 Å². The Bertz CT molecular complexity index is 405. The molecule has 4 N–H and O–H groups in total. The van der Waals surface area contributed by atoms with Crippen molar-refractivity contribution < 1.29 is 4.79 Å². The predicted molar refractivity (Wildman–Crippen MR) is 87.2 cm³/mol. The van der Waals surface area contributed by atoms with E-state index in [2.05, 4.69) is 9.80 Å². The number of benzene rings is 1. The molecular weight excluding hydrogens is 299 g/mol. The van der Waals surface area contributed by atoms with Crippen molar-refractivity contribution in [1.29, 1.82) is 0 Å². The van der Waals surface area contributed by atoms with Gasteiger partial charge in [0, 0.05) is 50.5 Å². The maximum Gasteiger partial charge on any atom is 0.248 e. The van der Waals surface area contributed by atoms with Crippen molar-refractivity contribution in [3.8, 4) is 0 Å². The molecule has 1 aliphatic rings. The van der Waals surface area contributed by atoms with Crippen LogP contribution in [0.1, 0.15) is 10.4 Å². The first-order chi connectivity index (χ1) is 8.70. The van der Waals surface area contributed by atoms with Gasteiger partial charge in [0.2, 0.25) is 5.91 Å². The second kappa shape index (κ2) is 9.02. The minimum Gasteiger partial charge on any atom is -0.369 e. The molecule has 0 spiro atoms. The van der Waals surface area contributed by atoms with E-state index in [1.807, 2.05) is 12.1 Å². The van der Waals surface area contributed by atoms with Crippen molar-refractivity contribution >= 4 is 36.4 Å². The lowest BCUT2D eigenvalue weighted by Gasteiger charge is -2.35. The average Bonchev–Trinajstić information content (AvgIpc) is 2.40. The topological polar surface area (TPSA) is 75.6 Å². The number of halogens is 2. The second-order valence-electron chi connectivity index (χ2n) is 4.53. The lowest BCUT2D eigenvalue weighted by Crippen LogP contribution is -2.47. The highest BCUT2D eigenvalue weighted by atomic mass is 35.5. The van der Waals surface area contributed by atoms with Crippen LogP contribution in [0.25, 0.3) is 0 Å². The molecule has 1 fully saturated rings. The van der Waals surface area contributed by atoms with E-state index in [0.29, 0.717) is 12.1 Å². The molecule has 5 nitrogen and oxygen atoms in total. The number of amides is 1. The van der Waals surface area contributed by atoms with E-state index in [-0.39, 0.29) is 30.7 Å². The van der Waals surface area contributed by atoms with Crippen molar-refractivity contribution in [2.75, 3.05) is 44.2 Å². The Morgan fingerprint density at radius 1 is 1.05 bits per heavy atom. The minimum absolute atomic E-state index is 0. The van der Waals surface area contributed by atoms with Gasteiger partial charge in [-0.15, -0.1) is 24.8 Å². The average molecular weight is 321 g/mol. The molecule has 0 atom stereocenters. The Labute approximate surface area is 132 Å². The molecule has 1 amide bonds. The van der Waals surface area contributed by atoms with Gasteiger partial charge in [-0.3, -0.25) is 9.69 Å². The van der Waals surface area contributed by atoms with E-state index < -0.39 is 0 Å². The Morgan fingerprint density at radius 2 is 1.60 bits per heavy atom. The van der Waals surface area contributed by atoms with Crippen molar-refractivity contribution in [2.24, 2.45) is 11.5 Å². The number of nitrogens with zero attached hydrogens (tertiary/aromatic N) is 2. The zero-order valence-electron chi connectivity index (χ0n) is 11.3. The number of carbonyl (C=O) groups is 1. The molecule has 0 aliphatic carbocycles. The van der Waals surface area contributed by atoms with Crippen LogP contribution in [-0.2, 0) is 0 Å². The third kappa shape index (κ3) is 4.83. The van der Waals surface area contributed by atoms with Gasteiger partial charge in [0.05, 0.1) is 0 Å². The first kappa shape index (κ1) is 19.0. The van der Waals surface area contributed by atoms with Gasteiger partial charge in [0.1, 0.15) is 0 Å². The summed E-state index contributed by atoms with van der Waals surface area (Å²) in [5, 5.41) is 0. The van der Waals surface area contributed by atoms with Crippen molar-refractivity contribution in [2.45, 2.75) is 0 Å². The summed E-state index contributed by atoms with van der Waals surface area (Å²) in [6.07, 6.45) is 0. The van der Waals surface area contributed by atoms with E-state index in [4.69, 9.17) is 11.5 Å². The smallest absolute Gasteiger partial charge is 0.248 e. The third-order valence-electron chi connectivity index (χ3n) is 3.33. The first-order valence-corrected chi connectivity index (χ1v) is 6.28. The number of piperazine rings is 1. The molecule has 1 aromatic carbocycles. The van der Waals surface area contributed by atoms with Crippen LogP contribution in [0.5, 0.6) is 0 Å². The van der Waals surface area contributed by atoms with Crippen molar-refractivity contribution in [3.63, 3.8) is 0 Å². The normalized spacial score (nSPS) is 15.2. The number of primary amides is 1. The Hall–Kier alpha value is -1.01. The molecular formula is C13H22Cl2N4O. The van der Waals surface area contributed by atoms with Crippen LogP contribution < -0.4 is 16.4 Å². The maximum atomic E-state index is 11.0. The predicted octanol–water partition coefficient (Wildman–Crippen LogP) is 0.710. The molecule has 1 aliphatic heterocycles. The summed E-state index contributed by atoms with van der Waals surface area (Å²) < 4.78 is 0. The zero-order chi connectivity index (χ0) is 13.0. The zero-order valence-corrected chi connectivity index (χ0v) is 13.0. The molecule has 20 heavy (non-hydrogen) atoms. The highest BCUT2D eigenvalue weighted by Gasteiger charge is 2.16. The fourth-order valence-electron chi connectivity index (χ4n) is 2.25. The molecule has 0 unspecified atom stereocenters. The number of hydrogen-bond acceptors (Lipinski definition) is 4. The SMILES string of the molecule is Cl.Cl.NCCN1CCN(c2ccc(C(N)=O)cc2)CC1. The molecule has 1 heterocycles. The van der Waals surface area contributed by atoms with Gasteiger partial charge in [-0.1, -0.05) is 0 Å². The Kier molecular flexibility index (Phi) is 8.57. The Balaban J connectivity index is 0.00000180. The van der Waals surface area contributed by atoms with E-state index in [9.17, 15) is 4.79 Å². The van der Waals surface area contributed by atoms with Crippen LogP contribution in [-0.4, -0.2) is 50.1 Å². The maximum absolute atomic E-state index is 11.0. The third-order valence-corrected chi connectivity index (χ3v) is 3.33. The summed E-state index contributed by atoms with van der Waals surface area (Å²) in [5.74, 6) is -0.380. The second-order valence-corrected chi connectivity index (χ2v) is 4.53. The first-order valence-electron chi connectivity index (χ1n) is 6.28. The quantitative estimate of drug-likeness (QED) is 0.856. The number of carbonyl (C=O) groups excluding carboxylic acids is 1. The number of rotatable bonds is 4. The van der Waals surface area contributed by atoms with Gasteiger partial charge in [0.15, 0.2) is 0 Å². The van der Waals surface area contributed by atoms with Crippen LogP contribution in [0.15, 0.2) is 24.3 Å². The summed E-state index contributed by atoms with van der Waals surface area (Å²) in [6.45, 7) is 5.75. The van der Waals surface area contributed by atoms with E-state index >= 15 is 0 Å². The lowest BCUT2D eigenvalue weighted by atomic mass is 10.1. The molecule has 1 saturated heterocycles.